The summed E-state index contributed by atoms with van der Waals surface area (Å²) in [6.07, 6.45) is 2.58. The minimum absolute atomic E-state index is 0.512. The lowest BCUT2D eigenvalue weighted by Gasteiger charge is -2.11. The third-order valence-corrected chi connectivity index (χ3v) is 3.00. The Morgan fingerprint density at radius 1 is 1.15 bits per heavy atom. The van der Waals surface area contributed by atoms with Gasteiger partial charge in [-0.25, -0.2) is 0 Å². The largest absolute Gasteiger partial charge is 0.497 e. The molecule has 2 aromatic carbocycles. The fourth-order valence-electron chi connectivity index (χ4n) is 1.94. The summed E-state index contributed by atoms with van der Waals surface area (Å²) in [5.74, 6) is 1.68. The van der Waals surface area contributed by atoms with Crippen molar-refractivity contribution in [1.29, 1.82) is 0 Å². The summed E-state index contributed by atoms with van der Waals surface area (Å²) in [5.41, 5.74) is 8.67. The number of ether oxygens (including phenoxy) is 2. The summed E-state index contributed by atoms with van der Waals surface area (Å²) in [7, 11) is 1.65. The Balaban J connectivity index is 2.07. The SMILES string of the molecule is C=CCc1cc(N)ccc1OCc1ccc(OC)cc1. The number of hydrogen-bond acceptors (Lipinski definition) is 3. The van der Waals surface area contributed by atoms with Crippen LogP contribution in [-0.2, 0) is 13.0 Å². The van der Waals surface area contributed by atoms with E-state index in [4.69, 9.17) is 15.2 Å². The molecule has 0 bridgehead atoms. The quantitative estimate of drug-likeness (QED) is 0.644. The first-order chi connectivity index (χ1) is 9.72. The van der Waals surface area contributed by atoms with Gasteiger partial charge < -0.3 is 15.2 Å². The van der Waals surface area contributed by atoms with Gasteiger partial charge in [-0.15, -0.1) is 6.58 Å². The van der Waals surface area contributed by atoms with Crippen molar-refractivity contribution in [2.75, 3.05) is 12.8 Å². The molecule has 3 heteroatoms. The minimum Gasteiger partial charge on any atom is -0.497 e. The van der Waals surface area contributed by atoms with Crippen molar-refractivity contribution in [2.45, 2.75) is 13.0 Å². The Morgan fingerprint density at radius 2 is 1.90 bits per heavy atom. The first kappa shape index (κ1) is 14.0. The normalized spacial score (nSPS) is 10.1. The monoisotopic (exact) mass is 269 g/mol. The lowest BCUT2D eigenvalue weighted by atomic mass is 10.1. The maximum absolute atomic E-state index is 5.86. The molecule has 0 atom stereocenters. The topological polar surface area (TPSA) is 44.5 Å². The predicted octanol–water partition coefficient (Wildman–Crippen LogP) is 3.58. The number of hydrogen-bond donors (Lipinski definition) is 1. The molecule has 104 valence electrons. The lowest BCUT2D eigenvalue weighted by molar-refractivity contribution is 0.303. The third-order valence-electron chi connectivity index (χ3n) is 3.00. The highest BCUT2D eigenvalue weighted by Gasteiger charge is 2.04. The second kappa shape index (κ2) is 6.66. The smallest absolute Gasteiger partial charge is 0.123 e. The fraction of sp³-hybridized carbons (Fsp3) is 0.176. The van der Waals surface area contributed by atoms with Crippen molar-refractivity contribution in [1.82, 2.24) is 0 Å². The van der Waals surface area contributed by atoms with Gasteiger partial charge in [0.2, 0.25) is 0 Å². The number of nitrogen functional groups attached to an aromatic ring is 1. The molecule has 0 spiro atoms. The standard InChI is InChI=1S/C17H19NO2/c1-3-4-14-11-15(18)7-10-17(14)20-12-13-5-8-16(19-2)9-6-13/h3,5-11H,1,4,12,18H2,2H3. The number of nitrogens with two attached hydrogens (primary N) is 1. The molecule has 2 N–H and O–H groups in total. The molecule has 0 amide bonds. The van der Waals surface area contributed by atoms with Gasteiger partial charge in [0, 0.05) is 5.69 Å². The van der Waals surface area contributed by atoms with E-state index in [1.165, 1.54) is 0 Å². The number of benzene rings is 2. The van der Waals surface area contributed by atoms with Crippen LogP contribution in [0.5, 0.6) is 11.5 Å². The molecule has 0 heterocycles. The molecule has 2 aromatic rings. The van der Waals surface area contributed by atoms with Gasteiger partial charge in [-0.3, -0.25) is 0 Å². The Labute approximate surface area is 119 Å². The molecule has 0 aromatic heterocycles. The molecule has 0 aliphatic rings. The van der Waals surface area contributed by atoms with Crippen molar-refractivity contribution >= 4 is 5.69 Å². The lowest BCUT2D eigenvalue weighted by Crippen LogP contribution is -1.99. The highest BCUT2D eigenvalue weighted by molar-refractivity contribution is 5.48. The van der Waals surface area contributed by atoms with Crippen LogP contribution < -0.4 is 15.2 Å². The molecule has 2 rings (SSSR count). The van der Waals surface area contributed by atoms with Crippen LogP contribution >= 0.6 is 0 Å². The molecule has 0 radical (unpaired) electrons. The number of rotatable bonds is 6. The Kier molecular flexibility index (Phi) is 4.66. The van der Waals surface area contributed by atoms with Gasteiger partial charge in [-0.05, 0) is 47.9 Å². The van der Waals surface area contributed by atoms with E-state index in [2.05, 4.69) is 6.58 Å². The van der Waals surface area contributed by atoms with Gasteiger partial charge in [0.25, 0.3) is 0 Å². The van der Waals surface area contributed by atoms with E-state index in [0.717, 1.165) is 34.7 Å². The van der Waals surface area contributed by atoms with Crippen molar-refractivity contribution in [3.8, 4) is 11.5 Å². The average Bonchev–Trinajstić information content (AvgIpc) is 2.47. The Morgan fingerprint density at radius 3 is 2.55 bits per heavy atom. The summed E-state index contributed by atoms with van der Waals surface area (Å²) in [6.45, 7) is 4.27. The maximum atomic E-state index is 5.86. The zero-order valence-corrected chi connectivity index (χ0v) is 11.6. The van der Waals surface area contributed by atoms with Crippen LogP contribution in [-0.4, -0.2) is 7.11 Å². The number of anilines is 1. The van der Waals surface area contributed by atoms with Crippen molar-refractivity contribution in [3.63, 3.8) is 0 Å². The van der Waals surface area contributed by atoms with Crippen molar-refractivity contribution in [3.05, 3.63) is 66.2 Å². The van der Waals surface area contributed by atoms with Gasteiger partial charge in [0.05, 0.1) is 7.11 Å². The van der Waals surface area contributed by atoms with Crippen LogP contribution in [0.2, 0.25) is 0 Å². The van der Waals surface area contributed by atoms with Crippen LogP contribution in [0.1, 0.15) is 11.1 Å². The van der Waals surface area contributed by atoms with E-state index in [1.807, 2.05) is 48.5 Å². The van der Waals surface area contributed by atoms with E-state index in [1.54, 1.807) is 7.11 Å². The molecule has 0 aliphatic carbocycles. The molecule has 0 fully saturated rings. The molecule has 3 nitrogen and oxygen atoms in total. The van der Waals surface area contributed by atoms with Gasteiger partial charge in [0.15, 0.2) is 0 Å². The first-order valence-corrected chi connectivity index (χ1v) is 6.48. The summed E-state index contributed by atoms with van der Waals surface area (Å²) in [6, 6.07) is 13.5. The van der Waals surface area contributed by atoms with E-state index >= 15 is 0 Å². The summed E-state index contributed by atoms with van der Waals surface area (Å²) in [4.78, 5) is 0. The second-order valence-corrected chi connectivity index (χ2v) is 4.50. The minimum atomic E-state index is 0.512. The van der Waals surface area contributed by atoms with Crippen molar-refractivity contribution < 1.29 is 9.47 Å². The van der Waals surface area contributed by atoms with Crippen molar-refractivity contribution in [2.24, 2.45) is 0 Å². The van der Waals surface area contributed by atoms with E-state index in [0.29, 0.717) is 6.61 Å². The molecule has 0 saturated carbocycles. The van der Waals surface area contributed by atoms with Crippen LogP contribution in [0.25, 0.3) is 0 Å². The van der Waals surface area contributed by atoms with E-state index in [-0.39, 0.29) is 0 Å². The average molecular weight is 269 g/mol. The first-order valence-electron chi connectivity index (χ1n) is 6.48. The van der Waals surface area contributed by atoms with Crippen LogP contribution in [0.15, 0.2) is 55.1 Å². The summed E-state index contributed by atoms with van der Waals surface area (Å²) < 4.78 is 11.0. The van der Waals surface area contributed by atoms with E-state index in [9.17, 15) is 0 Å². The zero-order valence-electron chi connectivity index (χ0n) is 11.6. The highest BCUT2D eigenvalue weighted by Crippen LogP contribution is 2.23. The zero-order chi connectivity index (χ0) is 14.4. The number of methoxy groups -OCH3 is 1. The molecule has 0 unspecified atom stereocenters. The number of allylic oxidation sites excluding steroid dienone is 1. The fourth-order valence-corrected chi connectivity index (χ4v) is 1.94. The Bertz CT molecular complexity index is 576. The van der Waals surface area contributed by atoms with Gasteiger partial charge >= 0.3 is 0 Å². The van der Waals surface area contributed by atoms with Crippen LogP contribution in [0.4, 0.5) is 5.69 Å². The molecular weight excluding hydrogens is 250 g/mol. The summed E-state index contributed by atoms with van der Waals surface area (Å²) >= 11 is 0. The van der Waals surface area contributed by atoms with Crippen LogP contribution in [0.3, 0.4) is 0 Å². The Hall–Kier alpha value is -2.42. The molecule has 20 heavy (non-hydrogen) atoms. The maximum Gasteiger partial charge on any atom is 0.123 e. The van der Waals surface area contributed by atoms with Gasteiger partial charge in [-0.2, -0.15) is 0 Å². The molecular formula is C17H19NO2. The third kappa shape index (κ3) is 3.54. The molecule has 0 saturated heterocycles. The highest BCUT2D eigenvalue weighted by atomic mass is 16.5. The van der Waals surface area contributed by atoms with Gasteiger partial charge in [0.1, 0.15) is 18.1 Å². The second-order valence-electron chi connectivity index (χ2n) is 4.50. The van der Waals surface area contributed by atoms with Gasteiger partial charge in [-0.1, -0.05) is 18.2 Å². The predicted molar refractivity (Wildman–Crippen MR) is 82.1 cm³/mol. The van der Waals surface area contributed by atoms with E-state index < -0.39 is 0 Å². The molecule has 0 aliphatic heterocycles. The van der Waals surface area contributed by atoms with Crippen LogP contribution in [0, 0.1) is 0 Å². The summed E-state index contributed by atoms with van der Waals surface area (Å²) in [5, 5.41) is 0.